The molecule has 1 aliphatic carbocycles. The van der Waals surface area contributed by atoms with Crippen molar-refractivity contribution < 1.29 is 4.79 Å². The van der Waals surface area contributed by atoms with Crippen LogP contribution < -0.4 is 5.32 Å². The minimum atomic E-state index is -0.274. The van der Waals surface area contributed by atoms with E-state index in [1.54, 1.807) is 4.68 Å². The van der Waals surface area contributed by atoms with E-state index in [9.17, 15) is 4.79 Å². The van der Waals surface area contributed by atoms with Crippen LogP contribution in [0.25, 0.3) is 0 Å². The maximum atomic E-state index is 12.8. The number of halogens is 1. The van der Waals surface area contributed by atoms with Crippen LogP contribution in [0.1, 0.15) is 60.8 Å². The normalized spacial score (nSPS) is 16.2. The Labute approximate surface area is 141 Å². The number of carbonyl (C=O) groups excluding carboxylic acids is 1. The Morgan fingerprint density at radius 1 is 1.30 bits per heavy atom. The van der Waals surface area contributed by atoms with Crippen molar-refractivity contribution in [3.8, 4) is 0 Å². The zero-order valence-electron chi connectivity index (χ0n) is 13.8. The van der Waals surface area contributed by atoms with Crippen LogP contribution in [0.4, 0.5) is 0 Å². The zero-order valence-corrected chi connectivity index (χ0v) is 14.5. The molecule has 1 aromatic heterocycles. The Bertz CT molecular complexity index is 714. The lowest BCUT2D eigenvalue weighted by molar-refractivity contribution is 0.0813. The van der Waals surface area contributed by atoms with Crippen LogP contribution in [0.3, 0.4) is 0 Å². The first-order valence-corrected chi connectivity index (χ1v) is 8.41. The highest BCUT2D eigenvalue weighted by Gasteiger charge is 2.40. The molecular formula is C18H22ClN3O. The van der Waals surface area contributed by atoms with Gasteiger partial charge in [-0.05, 0) is 48.9 Å². The summed E-state index contributed by atoms with van der Waals surface area (Å²) in [5.41, 5.74) is 2.39. The van der Waals surface area contributed by atoms with Gasteiger partial charge in [0.2, 0.25) is 0 Å². The standard InChI is InChI=1S/C18H22ClN3O/c1-12(2)15-11-16(22(3)21-15)17(23)20-18(9-4-10-18)13-5-7-14(19)8-6-13/h5-8,11-12H,4,9-10H2,1-3H3,(H,20,23). The molecule has 0 spiro atoms. The minimum Gasteiger partial charge on any atom is -0.341 e. The lowest BCUT2D eigenvalue weighted by Gasteiger charge is -2.43. The van der Waals surface area contributed by atoms with E-state index in [0.717, 1.165) is 30.5 Å². The second kappa shape index (κ2) is 6.00. The van der Waals surface area contributed by atoms with E-state index >= 15 is 0 Å². The van der Waals surface area contributed by atoms with Crippen molar-refractivity contribution in [1.29, 1.82) is 0 Å². The first-order valence-electron chi connectivity index (χ1n) is 8.04. The maximum absolute atomic E-state index is 12.8. The van der Waals surface area contributed by atoms with Gasteiger partial charge in [-0.15, -0.1) is 0 Å². The van der Waals surface area contributed by atoms with Crippen LogP contribution in [0.2, 0.25) is 5.02 Å². The monoisotopic (exact) mass is 331 g/mol. The molecule has 23 heavy (non-hydrogen) atoms. The van der Waals surface area contributed by atoms with Gasteiger partial charge in [0.25, 0.3) is 5.91 Å². The van der Waals surface area contributed by atoms with Crippen molar-refractivity contribution in [2.24, 2.45) is 7.05 Å². The number of hydrogen-bond acceptors (Lipinski definition) is 2. The molecule has 1 N–H and O–H groups in total. The van der Waals surface area contributed by atoms with E-state index < -0.39 is 0 Å². The van der Waals surface area contributed by atoms with Crippen molar-refractivity contribution >= 4 is 17.5 Å². The summed E-state index contributed by atoms with van der Waals surface area (Å²) in [5.74, 6) is 0.234. The lowest BCUT2D eigenvalue weighted by Crippen LogP contribution is -2.51. The first-order chi connectivity index (χ1) is 10.9. The maximum Gasteiger partial charge on any atom is 0.270 e. The third kappa shape index (κ3) is 3.00. The number of nitrogens with zero attached hydrogens (tertiary/aromatic N) is 2. The minimum absolute atomic E-state index is 0.0680. The Morgan fingerprint density at radius 2 is 1.96 bits per heavy atom. The Kier molecular flexibility index (Phi) is 4.19. The van der Waals surface area contributed by atoms with Crippen molar-refractivity contribution in [3.05, 3.63) is 52.3 Å². The Balaban J connectivity index is 1.84. The van der Waals surface area contributed by atoms with Crippen molar-refractivity contribution in [1.82, 2.24) is 15.1 Å². The number of carbonyl (C=O) groups is 1. The predicted octanol–water partition coefficient (Wildman–Crippen LogP) is 4.01. The molecule has 0 aliphatic heterocycles. The fourth-order valence-electron chi connectivity index (χ4n) is 3.05. The second-order valence-corrected chi connectivity index (χ2v) is 7.07. The molecule has 2 aromatic rings. The van der Waals surface area contributed by atoms with Gasteiger partial charge in [-0.25, -0.2) is 0 Å². The van der Waals surface area contributed by atoms with Crippen LogP contribution in [0.5, 0.6) is 0 Å². The molecule has 5 heteroatoms. The van der Waals surface area contributed by atoms with Gasteiger partial charge in [0, 0.05) is 12.1 Å². The van der Waals surface area contributed by atoms with Gasteiger partial charge >= 0.3 is 0 Å². The molecule has 1 aliphatic rings. The van der Waals surface area contributed by atoms with E-state index in [1.807, 2.05) is 37.4 Å². The number of amides is 1. The van der Waals surface area contributed by atoms with E-state index in [1.165, 1.54) is 0 Å². The first kappa shape index (κ1) is 16.1. The third-order valence-electron chi connectivity index (χ3n) is 4.68. The quantitative estimate of drug-likeness (QED) is 0.920. The summed E-state index contributed by atoms with van der Waals surface area (Å²) in [5, 5.41) is 8.37. The molecule has 0 atom stereocenters. The van der Waals surface area contributed by atoms with Gasteiger partial charge in [0.15, 0.2) is 0 Å². The number of nitrogens with one attached hydrogen (secondary N) is 1. The summed E-state index contributed by atoms with van der Waals surface area (Å²) in [7, 11) is 1.82. The molecule has 1 aromatic carbocycles. The van der Waals surface area contributed by atoms with Crippen molar-refractivity contribution in [3.63, 3.8) is 0 Å². The molecule has 0 unspecified atom stereocenters. The fourth-order valence-corrected chi connectivity index (χ4v) is 3.18. The van der Waals surface area contributed by atoms with Crippen LogP contribution in [-0.4, -0.2) is 15.7 Å². The summed E-state index contributed by atoms with van der Waals surface area (Å²) >= 11 is 5.98. The van der Waals surface area contributed by atoms with Gasteiger partial charge in [-0.1, -0.05) is 37.6 Å². The number of aryl methyl sites for hydroxylation is 1. The smallest absolute Gasteiger partial charge is 0.270 e. The topological polar surface area (TPSA) is 46.9 Å². The molecule has 0 saturated heterocycles. The van der Waals surface area contributed by atoms with E-state index in [-0.39, 0.29) is 11.4 Å². The van der Waals surface area contributed by atoms with Crippen molar-refractivity contribution in [2.75, 3.05) is 0 Å². The predicted molar refractivity (Wildman–Crippen MR) is 91.7 cm³/mol. The summed E-state index contributed by atoms with van der Waals surface area (Å²) < 4.78 is 1.67. The fraction of sp³-hybridized carbons (Fsp3) is 0.444. The third-order valence-corrected chi connectivity index (χ3v) is 4.93. The van der Waals surface area contributed by atoms with Gasteiger partial charge in [0.05, 0.1) is 11.2 Å². The largest absolute Gasteiger partial charge is 0.341 e. The van der Waals surface area contributed by atoms with Crippen LogP contribution in [-0.2, 0) is 12.6 Å². The van der Waals surface area contributed by atoms with Crippen LogP contribution in [0.15, 0.2) is 30.3 Å². The summed E-state index contributed by atoms with van der Waals surface area (Å²) in [6, 6.07) is 9.65. The molecule has 4 nitrogen and oxygen atoms in total. The SMILES string of the molecule is CC(C)c1cc(C(=O)NC2(c3ccc(Cl)cc3)CCC2)n(C)n1. The van der Waals surface area contributed by atoms with E-state index in [2.05, 4.69) is 24.3 Å². The van der Waals surface area contributed by atoms with Crippen LogP contribution in [0, 0.1) is 0 Å². The lowest BCUT2D eigenvalue weighted by atomic mass is 9.71. The molecule has 122 valence electrons. The highest BCUT2D eigenvalue weighted by Crippen LogP contribution is 2.41. The Hall–Kier alpha value is -1.81. The highest BCUT2D eigenvalue weighted by molar-refractivity contribution is 6.30. The highest BCUT2D eigenvalue weighted by atomic mass is 35.5. The van der Waals surface area contributed by atoms with Crippen molar-refractivity contribution in [2.45, 2.75) is 44.6 Å². The summed E-state index contributed by atoms with van der Waals surface area (Å²) in [6.07, 6.45) is 3.02. The average molecular weight is 332 g/mol. The summed E-state index contributed by atoms with van der Waals surface area (Å²) in [6.45, 7) is 4.15. The molecule has 3 rings (SSSR count). The average Bonchev–Trinajstić information content (AvgIpc) is 2.86. The molecule has 1 fully saturated rings. The Morgan fingerprint density at radius 3 is 2.43 bits per heavy atom. The number of rotatable bonds is 4. The van der Waals surface area contributed by atoms with Crippen LogP contribution >= 0.6 is 11.6 Å². The van der Waals surface area contributed by atoms with Gasteiger partial charge in [-0.3, -0.25) is 9.48 Å². The zero-order chi connectivity index (χ0) is 16.6. The molecule has 0 radical (unpaired) electrons. The van der Waals surface area contributed by atoms with E-state index in [4.69, 9.17) is 11.6 Å². The molecule has 1 heterocycles. The van der Waals surface area contributed by atoms with E-state index in [0.29, 0.717) is 16.6 Å². The molecule has 0 bridgehead atoms. The summed E-state index contributed by atoms with van der Waals surface area (Å²) in [4.78, 5) is 12.8. The molecule has 1 saturated carbocycles. The number of benzene rings is 1. The number of aromatic nitrogens is 2. The molecular weight excluding hydrogens is 310 g/mol. The number of hydrogen-bond donors (Lipinski definition) is 1. The van der Waals surface area contributed by atoms with Gasteiger partial charge in [-0.2, -0.15) is 5.10 Å². The second-order valence-electron chi connectivity index (χ2n) is 6.63. The van der Waals surface area contributed by atoms with Gasteiger partial charge < -0.3 is 5.32 Å². The van der Waals surface area contributed by atoms with Gasteiger partial charge in [0.1, 0.15) is 5.69 Å². The molecule has 1 amide bonds.